The van der Waals surface area contributed by atoms with Crippen LogP contribution in [0.1, 0.15) is 16.8 Å². The molecule has 0 atom stereocenters. The van der Waals surface area contributed by atoms with Gasteiger partial charge in [0.05, 0.1) is 29.0 Å². The van der Waals surface area contributed by atoms with Crippen molar-refractivity contribution >= 4 is 32.6 Å². The van der Waals surface area contributed by atoms with Crippen molar-refractivity contribution in [3.63, 3.8) is 0 Å². The summed E-state index contributed by atoms with van der Waals surface area (Å²) < 4.78 is 6.36. The molecule has 0 saturated carbocycles. The lowest BCUT2D eigenvalue weighted by atomic mass is 9.85. The van der Waals surface area contributed by atoms with Crippen LogP contribution in [0, 0.1) is 5.41 Å². The SMILES string of the molecule is NC(=O)c1cccc2sc(N3CCC4(COC4)C3)nc12. The molecule has 2 aliphatic rings. The van der Waals surface area contributed by atoms with Crippen molar-refractivity contribution in [2.75, 3.05) is 31.2 Å². The number of thiazole rings is 1. The third-order valence-corrected chi connectivity index (χ3v) is 5.28. The molecule has 0 unspecified atom stereocenters. The molecular weight excluding hydrogens is 274 g/mol. The van der Waals surface area contributed by atoms with E-state index in [1.165, 1.54) is 0 Å². The fraction of sp³-hybridized carbons (Fsp3) is 0.429. The maximum absolute atomic E-state index is 11.5. The van der Waals surface area contributed by atoms with Gasteiger partial charge in [0.15, 0.2) is 5.13 Å². The van der Waals surface area contributed by atoms with Gasteiger partial charge in [-0.15, -0.1) is 0 Å². The van der Waals surface area contributed by atoms with Crippen molar-refractivity contribution in [1.29, 1.82) is 0 Å². The lowest BCUT2D eigenvalue weighted by Crippen LogP contribution is -2.44. The number of nitrogens with two attached hydrogens (primary N) is 1. The molecule has 1 aromatic carbocycles. The summed E-state index contributed by atoms with van der Waals surface area (Å²) in [6, 6.07) is 5.58. The molecule has 0 radical (unpaired) electrons. The Kier molecular flexibility index (Phi) is 2.52. The van der Waals surface area contributed by atoms with Crippen molar-refractivity contribution < 1.29 is 9.53 Å². The number of aromatic nitrogens is 1. The smallest absolute Gasteiger partial charge is 0.250 e. The van der Waals surface area contributed by atoms with E-state index >= 15 is 0 Å². The summed E-state index contributed by atoms with van der Waals surface area (Å²) in [6.07, 6.45) is 1.16. The van der Waals surface area contributed by atoms with Crippen molar-refractivity contribution in [3.05, 3.63) is 23.8 Å². The van der Waals surface area contributed by atoms with Crippen LogP contribution in [0.5, 0.6) is 0 Å². The van der Waals surface area contributed by atoms with Crippen molar-refractivity contribution in [2.45, 2.75) is 6.42 Å². The topological polar surface area (TPSA) is 68.5 Å². The summed E-state index contributed by atoms with van der Waals surface area (Å²) >= 11 is 1.63. The van der Waals surface area contributed by atoms with Crippen LogP contribution in [0.3, 0.4) is 0 Å². The number of fused-ring (bicyclic) bond motifs is 1. The van der Waals surface area contributed by atoms with E-state index in [4.69, 9.17) is 10.5 Å². The first-order chi connectivity index (χ1) is 9.67. The van der Waals surface area contributed by atoms with Crippen molar-refractivity contribution in [2.24, 2.45) is 11.1 Å². The molecule has 104 valence electrons. The summed E-state index contributed by atoms with van der Waals surface area (Å²) in [4.78, 5) is 18.4. The van der Waals surface area contributed by atoms with E-state index in [9.17, 15) is 4.79 Å². The monoisotopic (exact) mass is 289 g/mol. The molecule has 2 fully saturated rings. The van der Waals surface area contributed by atoms with Crippen molar-refractivity contribution in [1.82, 2.24) is 4.98 Å². The molecule has 4 rings (SSSR count). The first-order valence-electron chi connectivity index (χ1n) is 6.69. The number of ether oxygens (including phenoxy) is 1. The standard InChI is InChI=1S/C14H15N3O2S/c15-12(18)9-2-1-3-10-11(9)16-13(20-10)17-5-4-14(6-17)7-19-8-14/h1-3H,4-8H2,(H2,15,18). The van der Waals surface area contributed by atoms with Gasteiger partial charge in [0.25, 0.3) is 5.91 Å². The number of para-hydroxylation sites is 1. The molecule has 5 nitrogen and oxygen atoms in total. The fourth-order valence-electron chi connectivity index (χ4n) is 3.00. The molecular formula is C14H15N3O2S. The van der Waals surface area contributed by atoms with Crippen LogP contribution in [-0.4, -0.2) is 37.2 Å². The minimum absolute atomic E-state index is 0.338. The summed E-state index contributed by atoms with van der Waals surface area (Å²) in [5, 5.41) is 0.984. The molecule has 20 heavy (non-hydrogen) atoms. The molecule has 3 heterocycles. The summed E-state index contributed by atoms with van der Waals surface area (Å²) in [6.45, 7) is 3.73. The van der Waals surface area contributed by atoms with Crippen LogP contribution in [0.4, 0.5) is 5.13 Å². The van der Waals surface area contributed by atoms with Gasteiger partial charge in [-0.3, -0.25) is 4.79 Å². The predicted octanol–water partition coefficient (Wildman–Crippen LogP) is 1.62. The lowest BCUT2D eigenvalue weighted by Gasteiger charge is -2.37. The maximum atomic E-state index is 11.5. The Labute approximate surface area is 120 Å². The van der Waals surface area contributed by atoms with Gasteiger partial charge >= 0.3 is 0 Å². The highest BCUT2D eigenvalue weighted by Gasteiger charge is 2.45. The normalized spacial score (nSPS) is 20.5. The number of rotatable bonds is 2. The van der Waals surface area contributed by atoms with Crippen LogP contribution >= 0.6 is 11.3 Å². The van der Waals surface area contributed by atoms with E-state index in [2.05, 4.69) is 9.88 Å². The van der Waals surface area contributed by atoms with Crippen LogP contribution in [-0.2, 0) is 4.74 Å². The van der Waals surface area contributed by atoms with Crippen LogP contribution in [0.2, 0.25) is 0 Å². The molecule has 2 saturated heterocycles. The Morgan fingerprint density at radius 1 is 1.45 bits per heavy atom. The zero-order valence-electron chi connectivity index (χ0n) is 11.0. The number of benzene rings is 1. The molecule has 2 N–H and O–H groups in total. The molecule has 1 aromatic heterocycles. The molecule has 2 aromatic rings. The van der Waals surface area contributed by atoms with E-state index in [1.807, 2.05) is 12.1 Å². The Morgan fingerprint density at radius 3 is 2.95 bits per heavy atom. The van der Waals surface area contributed by atoms with Crippen LogP contribution in [0.25, 0.3) is 10.2 Å². The Balaban J connectivity index is 1.71. The van der Waals surface area contributed by atoms with Crippen LogP contribution < -0.4 is 10.6 Å². The zero-order chi connectivity index (χ0) is 13.7. The van der Waals surface area contributed by atoms with Gasteiger partial charge in [0.1, 0.15) is 0 Å². The number of nitrogens with zero attached hydrogens (tertiary/aromatic N) is 2. The van der Waals surface area contributed by atoms with E-state index in [1.54, 1.807) is 17.4 Å². The number of carbonyl (C=O) groups is 1. The van der Waals surface area contributed by atoms with Crippen molar-refractivity contribution in [3.8, 4) is 0 Å². The van der Waals surface area contributed by atoms with Gasteiger partial charge in [-0.25, -0.2) is 4.98 Å². The molecule has 6 heteroatoms. The van der Waals surface area contributed by atoms with E-state index in [0.29, 0.717) is 11.0 Å². The number of amides is 1. The first kappa shape index (κ1) is 12.1. The summed E-state index contributed by atoms with van der Waals surface area (Å²) in [7, 11) is 0. The van der Waals surface area contributed by atoms with E-state index < -0.39 is 5.91 Å². The second kappa shape index (κ2) is 4.17. The van der Waals surface area contributed by atoms with Gasteiger partial charge in [0, 0.05) is 18.5 Å². The van der Waals surface area contributed by atoms with Crippen LogP contribution in [0.15, 0.2) is 18.2 Å². The Morgan fingerprint density at radius 2 is 2.30 bits per heavy atom. The second-order valence-electron chi connectivity index (χ2n) is 5.68. The average Bonchev–Trinajstić information content (AvgIpc) is 3.01. The predicted molar refractivity (Wildman–Crippen MR) is 78.2 cm³/mol. The lowest BCUT2D eigenvalue weighted by molar-refractivity contribution is -0.0985. The fourth-order valence-corrected chi connectivity index (χ4v) is 4.01. The number of hydrogen-bond donors (Lipinski definition) is 1. The third kappa shape index (κ3) is 1.72. The number of hydrogen-bond acceptors (Lipinski definition) is 5. The Bertz CT molecular complexity index is 693. The van der Waals surface area contributed by atoms with Gasteiger partial charge in [-0.1, -0.05) is 17.4 Å². The highest BCUT2D eigenvalue weighted by atomic mass is 32.1. The van der Waals surface area contributed by atoms with Gasteiger partial charge in [0.2, 0.25) is 0 Å². The summed E-state index contributed by atoms with van der Waals surface area (Å²) in [5.74, 6) is -0.419. The molecule has 0 aliphatic carbocycles. The third-order valence-electron chi connectivity index (χ3n) is 4.20. The zero-order valence-corrected chi connectivity index (χ0v) is 11.8. The first-order valence-corrected chi connectivity index (χ1v) is 7.51. The van der Waals surface area contributed by atoms with Gasteiger partial charge in [-0.05, 0) is 18.6 Å². The van der Waals surface area contributed by atoms with Gasteiger partial charge < -0.3 is 15.4 Å². The Hall–Kier alpha value is -1.66. The number of carbonyl (C=O) groups excluding carboxylic acids is 1. The van der Waals surface area contributed by atoms with Gasteiger partial charge in [-0.2, -0.15) is 0 Å². The number of anilines is 1. The summed E-state index contributed by atoms with van der Waals surface area (Å²) in [5.41, 5.74) is 6.98. The second-order valence-corrected chi connectivity index (χ2v) is 6.69. The van der Waals surface area contributed by atoms with E-state index in [0.717, 1.165) is 48.1 Å². The quantitative estimate of drug-likeness (QED) is 0.912. The maximum Gasteiger partial charge on any atom is 0.250 e. The average molecular weight is 289 g/mol. The molecule has 1 amide bonds. The highest BCUT2D eigenvalue weighted by Crippen LogP contribution is 2.41. The minimum atomic E-state index is -0.419. The molecule has 2 aliphatic heterocycles. The van der Waals surface area contributed by atoms with E-state index in [-0.39, 0.29) is 0 Å². The molecule has 1 spiro atoms. The minimum Gasteiger partial charge on any atom is -0.380 e. The highest BCUT2D eigenvalue weighted by molar-refractivity contribution is 7.22. The molecule has 0 bridgehead atoms. The largest absolute Gasteiger partial charge is 0.380 e. The number of primary amides is 1.